The molecule has 7 nitrogen and oxygen atoms in total. The first-order valence-corrected chi connectivity index (χ1v) is 11.1. The summed E-state index contributed by atoms with van der Waals surface area (Å²) in [6.07, 6.45) is 1.62. The molecule has 0 saturated heterocycles. The summed E-state index contributed by atoms with van der Waals surface area (Å²) in [5, 5.41) is 2.26. The van der Waals surface area contributed by atoms with E-state index in [9.17, 15) is 9.59 Å². The minimum atomic E-state index is -0.581. The number of methoxy groups -OCH3 is 2. The maximum absolute atomic E-state index is 13.5. The number of nitrogens with zero attached hydrogens (tertiary/aromatic N) is 2. The molecule has 2 amide bonds. The number of ether oxygens (including phenoxy) is 2. The van der Waals surface area contributed by atoms with E-state index in [-0.39, 0.29) is 18.1 Å². The molecule has 1 aromatic heterocycles. The van der Waals surface area contributed by atoms with Gasteiger partial charge in [-0.1, -0.05) is 30.3 Å². The van der Waals surface area contributed by atoms with Crippen molar-refractivity contribution in [1.29, 1.82) is 0 Å². The van der Waals surface area contributed by atoms with Crippen molar-refractivity contribution in [2.45, 2.75) is 26.3 Å². The number of carbonyl (C=O) groups excluding carboxylic acids is 2. The van der Waals surface area contributed by atoms with Gasteiger partial charge in [0, 0.05) is 23.1 Å². The van der Waals surface area contributed by atoms with E-state index in [4.69, 9.17) is 15.2 Å². The standard InChI is InChI=1S/C24H27N3O4S/c1-16-20(30-2)12-18(13-21(16)31-3)24(29)27(11-7-10-17-8-5-4-6-9-17)14-22-26-19(15-32-22)23(25)28/h4-6,8-9,12-13,15H,7,10-11,14H2,1-3H3,(H2,25,28). The molecule has 2 N–H and O–H groups in total. The molecule has 0 atom stereocenters. The van der Waals surface area contributed by atoms with Crippen molar-refractivity contribution in [3.8, 4) is 11.5 Å². The number of hydrogen-bond donors (Lipinski definition) is 1. The fraction of sp³-hybridized carbons (Fsp3) is 0.292. The Morgan fingerprint density at radius 1 is 1.09 bits per heavy atom. The molecular formula is C24H27N3O4S. The number of nitrogens with two attached hydrogens (primary N) is 1. The third-order valence-electron chi connectivity index (χ3n) is 5.15. The van der Waals surface area contributed by atoms with Crippen LogP contribution in [-0.4, -0.2) is 42.5 Å². The zero-order valence-corrected chi connectivity index (χ0v) is 19.3. The van der Waals surface area contributed by atoms with Gasteiger partial charge in [-0.2, -0.15) is 0 Å². The van der Waals surface area contributed by atoms with Crippen molar-refractivity contribution in [2.24, 2.45) is 5.73 Å². The zero-order chi connectivity index (χ0) is 23.1. The minimum absolute atomic E-state index is 0.162. The average Bonchev–Trinajstić information content (AvgIpc) is 3.28. The molecule has 0 saturated carbocycles. The van der Waals surface area contributed by atoms with E-state index in [1.165, 1.54) is 16.9 Å². The molecule has 32 heavy (non-hydrogen) atoms. The van der Waals surface area contributed by atoms with E-state index >= 15 is 0 Å². The summed E-state index contributed by atoms with van der Waals surface area (Å²) in [7, 11) is 3.13. The molecule has 3 aromatic rings. The van der Waals surface area contributed by atoms with Crippen LogP contribution in [0, 0.1) is 6.92 Å². The van der Waals surface area contributed by atoms with Crippen LogP contribution < -0.4 is 15.2 Å². The summed E-state index contributed by atoms with van der Waals surface area (Å²) < 4.78 is 10.9. The number of benzene rings is 2. The number of aryl methyl sites for hydroxylation is 1. The van der Waals surface area contributed by atoms with Crippen molar-refractivity contribution < 1.29 is 19.1 Å². The normalized spacial score (nSPS) is 10.6. The number of hydrogen-bond acceptors (Lipinski definition) is 6. The Labute approximate surface area is 191 Å². The third-order valence-corrected chi connectivity index (χ3v) is 5.99. The lowest BCUT2D eigenvalue weighted by atomic mass is 10.1. The quantitative estimate of drug-likeness (QED) is 0.503. The topological polar surface area (TPSA) is 94.8 Å². The van der Waals surface area contributed by atoms with Gasteiger partial charge in [0.1, 0.15) is 22.2 Å². The molecule has 0 spiro atoms. The molecule has 0 bridgehead atoms. The molecule has 0 aliphatic carbocycles. The van der Waals surface area contributed by atoms with Gasteiger partial charge in [-0.15, -0.1) is 11.3 Å². The van der Waals surface area contributed by atoms with Gasteiger partial charge in [-0.05, 0) is 37.5 Å². The van der Waals surface area contributed by atoms with Crippen LogP contribution in [0.3, 0.4) is 0 Å². The number of thiazole rings is 1. The van der Waals surface area contributed by atoms with Gasteiger partial charge < -0.3 is 20.1 Å². The van der Waals surface area contributed by atoms with E-state index in [1.807, 2.05) is 25.1 Å². The monoisotopic (exact) mass is 453 g/mol. The summed E-state index contributed by atoms with van der Waals surface area (Å²) in [5.41, 5.74) is 8.04. The summed E-state index contributed by atoms with van der Waals surface area (Å²) in [6.45, 7) is 2.69. The van der Waals surface area contributed by atoms with Gasteiger partial charge in [-0.3, -0.25) is 9.59 Å². The third kappa shape index (κ3) is 5.64. The lowest BCUT2D eigenvalue weighted by Crippen LogP contribution is -2.32. The fourth-order valence-corrected chi connectivity index (χ4v) is 4.22. The van der Waals surface area contributed by atoms with Gasteiger partial charge in [0.2, 0.25) is 0 Å². The summed E-state index contributed by atoms with van der Waals surface area (Å²) in [6, 6.07) is 13.6. The summed E-state index contributed by atoms with van der Waals surface area (Å²) >= 11 is 1.31. The van der Waals surface area contributed by atoms with E-state index in [0.717, 1.165) is 18.4 Å². The lowest BCUT2D eigenvalue weighted by molar-refractivity contribution is 0.0740. The number of aromatic nitrogens is 1. The van der Waals surface area contributed by atoms with Crippen LogP contribution in [-0.2, 0) is 13.0 Å². The van der Waals surface area contributed by atoms with Crippen LogP contribution in [0.2, 0.25) is 0 Å². The van der Waals surface area contributed by atoms with Gasteiger partial charge >= 0.3 is 0 Å². The number of rotatable bonds is 10. The Bertz CT molecular complexity index is 1060. The molecule has 1 heterocycles. The number of primary amides is 1. The van der Waals surface area contributed by atoms with Crippen LogP contribution in [0.4, 0.5) is 0 Å². The molecule has 0 aliphatic heterocycles. The second kappa shape index (κ2) is 10.8. The Morgan fingerprint density at radius 2 is 1.75 bits per heavy atom. The first-order chi connectivity index (χ1) is 15.4. The Balaban J connectivity index is 1.84. The van der Waals surface area contributed by atoms with Gasteiger partial charge in [0.05, 0.1) is 20.8 Å². The molecule has 3 rings (SSSR count). The first-order valence-electron chi connectivity index (χ1n) is 10.2. The van der Waals surface area contributed by atoms with E-state index in [1.54, 1.807) is 36.6 Å². The minimum Gasteiger partial charge on any atom is -0.496 e. The second-order valence-corrected chi connectivity index (χ2v) is 8.26. The second-order valence-electron chi connectivity index (χ2n) is 7.31. The summed E-state index contributed by atoms with van der Waals surface area (Å²) in [5.74, 6) is 0.428. The predicted molar refractivity (Wildman–Crippen MR) is 124 cm³/mol. The van der Waals surface area contributed by atoms with Crippen molar-refractivity contribution in [3.05, 3.63) is 75.2 Å². The van der Waals surface area contributed by atoms with Crippen LogP contribution >= 0.6 is 11.3 Å². The highest BCUT2D eigenvalue weighted by atomic mass is 32.1. The molecule has 8 heteroatoms. The highest BCUT2D eigenvalue weighted by Gasteiger charge is 2.21. The maximum atomic E-state index is 13.5. The molecule has 0 radical (unpaired) electrons. The Hall–Kier alpha value is -3.39. The van der Waals surface area contributed by atoms with Gasteiger partial charge in [0.15, 0.2) is 0 Å². The highest BCUT2D eigenvalue weighted by molar-refractivity contribution is 7.09. The zero-order valence-electron chi connectivity index (χ0n) is 18.5. The first kappa shape index (κ1) is 23.3. The molecular weight excluding hydrogens is 426 g/mol. The SMILES string of the molecule is COc1cc(C(=O)N(CCCc2ccccc2)Cc2nc(C(N)=O)cs2)cc(OC)c1C. The largest absolute Gasteiger partial charge is 0.496 e. The van der Waals surface area contributed by atoms with E-state index in [2.05, 4.69) is 17.1 Å². The molecule has 0 aliphatic rings. The van der Waals surface area contributed by atoms with Crippen molar-refractivity contribution >= 4 is 23.2 Å². The van der Waals surface area contributed by atoms with Crippen molar-refractivity contribution in [2.75, 3.05) is 20.8 Å². The predicted octanol–water partition coefficient (Wildman–Crippen LogP) is 3.84. The van der Waals surface area contributed by atoms with Gasteiger partial charge in [0.25, 0.3) is 11.8 Å². The molecule has 0 fully saturated rings. The maximum Gasteiger partial charge on any atom is 0.268 e. The Kier molecular flexibility index (Phi) is 7.83. The van der Waals surface area contributed by atoms with E-state index in [0.29, 0.717) is 28.6 Å². The molecule has 0 unspecified atom stereocenters. The lowest BCUT2D eigenvalue weighted by Gasteiger charge is -2.23. The van der Waals surface area contributed by atoms with Crippen molar-refractivity contribution in [3.63, 3.8) is 0 Å². The van der Waals surface area contributed by atoms with Gasteiger partial charge in [-0.25, -0.2) is 4.98 Å². The van der Waals surface area contributed by atoms with Crippen molar-refractivity contribution in [1.82, 2.24) is 9.88 Å². The van der Waals surface area contributed by atoms with E-state index < -0.39 is 5.91 Å². The van der Waals surface area contributed by atoms with Crippen LogP contribution in [0.5, 0.6) is 11.5 Å². The van der Waals surface area contributed by atoms with Crippen LogP contribution in [0.15, 0.2) is 47.8 Å². The average molecular weight is 454 g/mol. The fourth-order valence-electron chi connectivity index (χ4n) is 3.42. The summed E-state index contributed by atoms with van der Waals surface area (Å²) in [4.78, 5) is 30.9. The molecule has 2 aromatic carbocycles. The number of carbonyl (C=O) groups is 2. The Morgan fingerprint density at radius 3 is 2.31 bits per heavy atom. The van der Waals surface area contributed by atoms with Crippen LogP contribution in [0.25, 0.3) is 0 Å². The number of amides is 2. The highest BCUT2D eigenvalue weighted by Crippen LogP contribution is 2.30. The van der Waals surface area contributed by atoms with Crippen LogP contribution in [0.1, 0.15) is 43.4 Å². The molecule has 168 valence electrons. The smallest absolute Gasteiger partial charge is 0.268 e.